The molecule has 0 aliphatic rings. The van der Waals surface area contributed by atoms with Crippen LogP contribution in [0.15, 0.2) is 82.0 Å². The van der Waals surface area contributed by atoms with Crippen molar-refractivity contribution in [2.24, 2.45) is 0 Å². The van der Waals surface area contributed by atoms with Crippen LogP contribution in [-0.2, 0) is 25.6 Å². The van der Waals surface area contributed by atoms with E-state index in [-0.39, 0.29) is 24.4 Å². The molecule has 1 heterocycles. The van der Waals surface area contributed by atoms with Crippen LogP contribution >= 0.6 is 0 Å². The standard InChI is InChI=1S/C27H27NO6/c1-4-16-28(18-19-12-8-7-9-13-19)24-20-14-10-11-15-23(20)34-27(31)21(24)17-22(25(29)32-5-2)26(30)33-6-3/h4,7-15,17H,1,5-6,16,18H2,2-3H3. The summed E-state index contributed by atoms with van der Waals surface area (Å²) in [6, 6.07) is 16.8. The van der Waals surface area contributed by atoms with E-state index in [1.54, 1.807) is 32.1 Å². The van der Waals surface area contributed by atoms with Crippen molar-refractivity contribution in [1.29, 1.82) is 0 Å². The highest BCUT2D eigenvalue weighted by molar-refractivity contribution is 6.18. The van der Waals surface area contributed by atoms with E-state index in [4.69, 9.17) is 13.9 Å². The molecule has 0 saturated heterocycles. The topological polar surface area (TPSA) is 86.0 Å². The van der Waals surface area contributed by atoms with Gasteiger partial charge in [0.1, 0.15) is 11.2 Å². The fourth-order valence-corrected chi connectivity index (χ4v) is 3.57. The van der Waals surface area contributed by atoms with Gasteiger partial charge < -0.3 is 18.8 Å². The number of esters is 2. The third-order valence-corrected chi connectivity index (χ3v) is 4.98. The predicted octanol–water partition coefficient (Wildman–Crippen LogP) is 4.50. The number of fused-ring (bicyclic) bond motifs is 1. The fraction of sp³-hybridized carbons (Fsp3) is 0.222. The minimum Gasteiger partial charge on any atom is -0.462 e. The van der Waals surface area contributed by atoms with Crippen LogP contribution in [-0.4, -0.2) is 31.7 Å². The molecule has 0 amide bonds. The number of hydrogen-bond acceptors (Lipinski definition) is 7. The minimum absolute atomic E-state index is 0.0487. The van der Waals surface area contributed by atoms with Gasteiger partial charge in [0.05, 0.1) is 24.5 Å². The zero-order valence-corrected chi connectivity index (χ0v) is 19.3. The van der Waals surface area contributed by atoms with Gasteiger partial charge in [-0.1, -0.05) is 48.5 Å². The second-order valence-corrected chi connectivity index (χ2v) is 7.30. The Morgan fingerprint density at radius 1 is 0.971 bits per heavy atom. The molecule has 0 unspecified atom stereocenters. The Labute approximate surface area is 197 Å². The molecule has 0 bridgehead atoms. The zero-order chi connectivity index (χ0) is 24.5. The van der Waals surface area contributed by atoms with Gasteiger partial charge in [0.25, 0.3) is 0 Å². The number of anilines is 1. The Balaban J connectivity index is 2.29. The first-order valence-corrected chi connectivity index (χ1v) is 11.0. The smallest absolute Gasteiger partial charge is 0.345 e. The Bertz CT molecular complexity index is 1240. The summed E-state index contributed by atoms with van der Waals surface area (Å²) < 4.78 is 15.6. The largest absolute Gasteiger partial charge is 0.462 e. The molecule has 0 spiro atoms. The van der Waals surface area contributed by atoms with Crippen molar-refractivity contribution in [2.75, 3.05) is 24.7 Å². The van der Waals surface area contributed by atoms with Crippen LogP contribution in [0.2, 0.25) is 0 Å². The number of rotatable bonds is 10. The maximum absolute atomic E-state index is 13.1. The van der Waals surface area contributed by atoms with E-state index in [2.05, 4.69) is 6.58 Å². The van der Waals surface area contributed by atoms with E-state index in [1.807, 2.05) is 47.4 Å². The highest BCUT2D eigenvalue weighted by Gasteiger charge is 2.25. The van der Waals surface area contributed by atoms with Gasteiger partial charge in [-0.05, 0) is 37.6 Å². The van der Waals surface area contributed by atoms with Gasteiger partial charge in [0, 0.05) is 18.5 Å². The summed E-state index contributed by atoms with van der Waals surface area (Å²) in [5.74, 6) is -1.75. The lowest BCUT2D eigenvalue weighted by Crippen LogP contribution is -2.26. The molecule has 0 radical (unpaired) electrons. The van der Waals surface area contributed by atoms with Gasteiger partial charge in [0.15, 0.2) is 0 Å². The summed E-state index contributed by atoms with van der Waals surface area (Å²) in [5.41, 5.74) is 0.880. The van der Waals surface area contributed by atoms with Crippen LogP contribution in [0, 0.1) is 0 Å². The molecule has 1 aromatic heterocycles. The normalized spacial score (nSPS) is 10.4. The van der Waals surface area contributed by atoms with Crippen LogP contribution in [0.3, 0.4) is 0 Å². The highest BCUT2D eigenvalue weighted by Crippen LogP contribution is 2.31. The molecule has 2 aromatic carbocycles. The Kier molecular flexibility index (Phi) is 8.40. The average Bonchev–Trinajstić information content (AvgIpc) is 2.83. The van der Waals surface area contributed by atoms with Gasteiger partial charge in [-0.15, -0.1) is 6.58 Å². The number of benzene rings is 2. The van der Waals surface area contributed by atoms with Crippen LogP contribution in [0.5, 0.6) is 0 Å². The third-order valence-electron chi connectivity index (χ3n) is 4.98. The van der Waals surface area contributed by atoms with Crippen LogP contribution in [0.4, 0.5) is 5.69 Å². The second kappa shape index (κ2) is 11.7. The molecule has 7 nitrogen and oxygen atoms in total. The molecular weight excluding hydrogens is 434 g/mol. The zero-order valence-electron chi connectivity index (χ0n) is 19.3. The number of para-hydroxylation sites is 1. The van der Waals surface area contributed by atoms with E-state index in [0.717, 1.165) is 5.56 Å². The van der Waals surface area contributed by atoms with Crippen molar-refractivity contribution in [3.8, 4) is 0 Å². The molecule has 0 fully saturated rings. The first-order chi connectivity index (χ1) is 16.5. The molecule has 0 saturated carbocycles. The van der Waals surface area contributed by atoms with Gasteiger partial charge in [-0.2, -0.15) is 0 Å². The number of hydrogen-bond donors (Lipinski definition) is 0. The summed E-state index contributed by atoms with van der Waals surface area (Å²) in [5, 5.41) is 0.651. The molecule has 3 rings (SSSR count). The van der Waals surface area contributed by atoms with Crippen molar-refractivity contribution in [3.05, 3.63) is 94.4 Å². The van der Waals surface area contributed by atoms with E-state index in [9.17, 15) is 14.4 Å². The molecule has 0 atom stereocenters. The molecule has 7 heteroatoms. The van der Waals surface area contributed by atoms with Gasteiger partial charge in [-0.3, -0.25) is 0 Å². The number of carbonyl (C=O) groups is 2. The van der Waals surface area contributed by atoms with Crippen molar-refractivity contribution in [2.45, 2.75) is 20.4 Å². The van der Waals surface area contributed by atoms with Crippen molar-refractivity contribution in [1.82, 2.24) is 0 Å². The lowest BCUT2D eigenvalue weighted by Gasteiger charge is -2.26. The monoisotopic (exact) mass is 461 g/mol. The molecule has 0 N–H and O–H groups in total. The first kappa shape index (κ1) is 24.5. The third kappa shape index (κ3) is 5.61. The van der Waals surface area contributed by atoms with Crippen molar-refractivity contribution < 1.29 is 23.5 Å². The van der Waals surface area contributed by atoms with E-state index < -0.39 is 17.6 Å². The van der Waals surface area contributed by atoms with E-state index >= 15 is 0 Å². The molecular formula is C27H27NO6. The molecule has 0 aliphatic heterocycles. The maximum atomic E-state index is 13.1. The summed E-state index contributed by atoms with van der Waals surface area (Å²) in [6.07, 6.45) is 2.92. The van der Waals surface area contributed by atoms with E-state index in [1.165, 1.54) is 6.08 Å². The second-order valence-electron chi connectivity index (χ2n) is 7.30. The summed E-state index contributed by atoms with van der Waals surface area (Å²) in [7, 11) is 0. The molecule has 176 valence electrons. The molecule has 34 heavy (non-hydrogen) atoms. The average molecular weight is 462 g/mol. The number of carbonyl (C=O) groups excluding carboxylic acids is 2. The molecule has 3 aromatic rings. The molecule has 0 aliphatic carbocycles. The summed E-state index contributed by atoms with van der Waals surface area (Å²) in [6.45, 7) is 8.09. The minimum atomic E-state index is -0.877. The Morgan fingerprint density at radius 3 is 2.21 bits per heavy atom. The van der Waals surface area contributed by atoms with Gasteiger partial charge in [0.2, 0.25) is 0 Å². The number of ether oxygens (including phenoxy) is 2. The number of nitrogens with zero attached hydrogens (tertiary/aromatic N) is 1. The van der Waals surface area contributed by atoms with Crippen LogP contribution in [0.1, 0.15) is 25.0 Å². The summed E-state index contributed by atoms with van der Waals surface area (Å²) in [4.78, 5) is 40.3. The van der Waals surface area contributed by atoms with Crippen LogP contribution in [0.25, 0.3) is 17.0 Å². The predicted molar refractivity (Wildman–Crippen MR) is 131 cm³/mol. The quantitative estimate of drug-likeness (QED) is 0.110. The summed E-state index contributed by atoms with van der Waals surface area (Å²) >= 11 is 0. The van der Waals surface area contributed by atoms with Gasteiger partial charge >= 0.3 is 17.6 Å². The Hall–Kier alpha value is -4.13. The lowest BCUT2D eigenvalue weighted by atomic mass is 10.0. The van der Waals surface area contributed by atoms with Crippen molar-refractivity contribution in [3.63, 3.8) is 0 Å². The fourth-order valence-electron chi connectivity index (χ4n) is 3.57. The van der Waals surface area contributed by atoms with E-state index in [0.29, 0.717) is 29.7 Å². The first-order valence-electron chi connectivity index (χ1n) is 11.0. The SMILES string of the molecule is C=CCN(Cc1ccccc1)c1c(C=C(C(=O)OCC)C(=O)OCC)c(=O)oc2ccccc12. The maximum Gasteiger partial charge on any atom is 0.345 e. The lowest BCUT2D eigenvalue weighted by molar-refractivity contribution is -0.146. The van der Waals surface area contributed by atoms with Crippen LogP contribution < -0.4 is 10.5 Å². The van der Waals surface area contributed by atoms with Crippen molar-refractivity contribution >= 4 is 34.7 Å². The Morgan fingerprint density at radius 2 is 1.59 bits per heavy atom. The highest BCUT2D eigenvalue weighted by atomic mass is 16.6. The van der Waals surface area contributed by atoms with Gasteiger partial charge in [-0.25, -0.2) is 14.4 Å².